The average molecular weight is 494 g/mol. The standard InChI is InChI=1S/C26H25ClFN5O2/c1-30-5-8-32(9-6-30)20-11-18(15-29-16-20)22-14-19(28)13-21(25(22)34)17-3-4-24(23(27)12-17)33-10-7-31(2)26(33)35/h3-4,7,10-16,34H,5-6,8-9H2,1-2H3. The molecule has 1 saturated heterocycles. The molecule has 0 aliphatic carbocycles. The number of aryl methyl sites for hydroxylation is 1. The highest BCUT2D eigenvalue weighted by Gasteiger charge is 2.19. The van der Waals surface area contributed by atoms with Gasteiger partial charge in [-0.25, -0.2) is 9.18 Å². The van der Waals surface area contributed by atoms with E-state index in [1.54, 1.807) is 50.0 Å². The molecule has 0 spiro atoms. The largest absolute Gasteiger partial charge is 0.507 e. The first-order valence-electron chi connectivity index (χ1n) is 11.3. The van der Waals surface area contributed by atoms with Crippen molar-refractivity contribution in [2.24, 2.45) is 7.05 Å². The third kappa shape index (κ3) is 4.42. The van der Waals surface area contributed by atoms with E-state index in [2.05, 4.69) is 21.8 Å². The van der Waals surface area contributed by atoms with Crippen LogP contribution in [0.25, 0.3) is 27.9 Å². The van der Waals surface area contributed by atoms with Gasteiger partial charge in [0.2, 0.25) is 0 Å². The molecule has 1 N–H and O–H groups in total. The number of hydrogen-bond donors (Lipinski definition) is 1. The van der Waals surface area contributed by atoms with Gasteiger partial charge in [0.15, 0.2) is 0 Å². The number of halogens is 2. The number of rotatable bonds is 4. The van der Waals surface area contributed by atoms with Crippen molar-refractivity contribution in [3.05, 3.63) is 82.5 Å². The van der Waals surface area contributed by atoms with Crippen LogP contribution in [0, 0.1) is 5.82 Å². The molecule has 0 saturated carbocycles. The zero-order chi connectivity index (χ0) is 24.7. The van der Waals surface area contributed by atoms with Gasteiger partial charge in [-0.05, 0) is 42.9 Å². The van der Waals surface area contributed by atoms with Crippen molar-refractivity contribution >= 4 is 17.3 Å². The maximum Gasteiger partial charge on any atom is 0.332 e. The van der Waals surface area contributed by atoms with E-state index in [4.69, 9.17) is 11.6 Å². The smallest absolute Gasteiger partial charge is 0.332 e. The van der Waals surface area contributed by atoms with E-state index in [1.807, 2.05) is 6.07 Å². The van der Waals surface area contributed by atoms with Gasteiger partial charge in [0.05, 0.1) is 22.6 Å². The Kier molecular flexibility index (Phi) is 6.08. The van der Waals surface area contributed by atoms with Crippen LogP contribution in [-0.2, 0) is 7.05 Å². The summed E-state index contributed by atoms with van der Waals surface area (Å²) in [5, 5.41) is 11.5. The Morgan fingerprint density at radius 3 is 2.31 bits per heavy atom. The van der Waals surface area contributed by atoms with Gasteiger partial charge in [0, 0.05) is 68.5 Å². The number of hydrogen-bond acceptors (Lipinski definition) is 5. The number of phenols is 1. The molecule has 0 bridgehead atoms. The number of nitrogens with zero attached hydrogens (tertiary/aromatic N) is 5. The predicted octanol–water partition coefficient (Wildman–Crippen LogP) is 4.15. The van der Waals surface area contributed by atoms with Crippen LogP contribution in [0.5, 0.6) is 5.75 Å². The van der Waals surface area contributed by atoms with Crippen molar-refractivity contribution < 1.29 is 9.50 Å². The van der Waals surface area contributed by atoms with Crippen LogP contribution in [0.2, 0.25) is 5.02 Å². The second-order valence-corrected chi connectivity index (χ2v) is 9.21. The van der Waals surface area contributed by atoms with Crippen LogP contribution < -0.4 is 10.6 Å². The fourth-order valence-corrected chi connectivity index (χ4v) is 4.64. The highest BCUT2D eigenvalue weighted by atomic mass is 35.5. The maximum absolute atomic E-state index is 14.7. The lowest BCUT2D eigenvalue weighted by atomic mass is 9.97. The number of pyridine rings is 1. The van der Waals surface area contributed by atoms with Crippen LogP contribution in [0.15, 0.2) is 66.0 Å². The van der Waals surface area contributed by atoms with Gasteiger partial charge in [-0.3, -0.25) is 9.55 Å². The maximum atomic E-state index is 14.7. The second-order valence-electron chi connectivity index (χ2n) is 8.80. The van der Waals surface area contributed by atoms with Gasteiger partial charge in [-0.15, -0.1) is 0 Å². The van der Waals surface area contributed by atoms with Gasteiger partial charge in [0.25, 0.3) is 0 Å². The molecule has 1 fully saturated rings. The highest BCUT2D eigenvalue weighted by Crippen LogP contribution is 2.40. The predicted molar refractivity (Wildman–Crippen MR) is 136 cm³/mol. The molecule has 0 unspecified atom stereocenters. The molecule has 2 aromatic heterocycles. The summed E-state index contributed by atoms with van der Waals surface area (Å²) >= 11 is 6.50. The molecule has 7 nitrogen and oxygen atoms in total. The number of aromatic nitrogens is 3. The third-order valence-electron chi connectivity index (χ3n) is 6.44. The summed E-state index contributed by atoms with van der Waals surface area (Å²) in [6, 6.07) is 9.51. The lowest BCUT2D eigenvalue weighted by Gasteiger charge is -2.34. The summed E-state index contributed by atoms with van der Waals surface area (Å²) in [4.78, 5) is 21.2. The number of likely N-dealkylation sites (N-methyl/N-ethyl adjacent to an activating group) is 1. The molecule has 0 atom stereocenters. The van der Waals surface area contributed by atoms with Crippen LogP contribution in [-0.4, -0.2) is 57.4 Å². The lowest BCUT2D eigenvalue weighted by Crippen LogP contribution is -2.44. The number of aromatic hydroxyl groups is 1. The van der Waals surface area contributed by atoms with Crippen molar-refractivity contribution in [3.8, 4) is 33.7 Å². The van der Waals surface area contributed by atoms with Crippen LogP contribution >= 0.6 is 11.6 Å². The summed E-state index contributed by atoms with van der Waals surface area (Å²) in [6.45, 7) is 3.64. The Labute approximate surface area is 207 Å². The Morgan fingerprint density at radius 1 is 0.943 bits per heavy atom. The first-order chi connectivity index (χ1) is 16.8. The van der Waals surface area contributed by atoms with Gasteiger partial charge in [-0.1, -0.05) is 17.7 Å². The summed E-state index contributed by atoms with van der Waals surface area (Å²) in [5.74, 6) is -0.554. The fourth-order valence-electron chi connectivity index (χ4n) is 4.37. The fraction of sp³-hybridized carbons (Fsp3) is 0.231. The SMILES string of the molecule is CN1CCN(c2cncc(-c3cc(F)cc(-c4ccc(-n5ccn(C)c5=O)c(Cl)c4)c3O)c2)CC1. The van der Waals surface area contributed by atoms with Gasteiger partial charge in [0.1, 0.15) is 11.6 Å². The zero-order valence-corrected chi connectivity index (χ0v) is 20.2. The van der Waals surface area contributed by atoms with Gasteiger partial charge in [-0.2, -0.15) is 0 Å². The molecular weight excluding hydrogens is 469 g/mol. The number of phenolic OH excluding ortho intramolecular Hbond substituents is 1. The summed E-state index contributed by atoms with van der Waals surface area (Å²) in [5.41, 5.74) is 3.01. The third-order valence-corrected chi connectivity index (χ3v) is 6.75. The molecule has 1 aliphatic rings. The number of anilines is 1. The summed E-state index contributed by atoms with van der Waals surface area (Å²) < 4.78 is 17.6. The molecule has 3 heterocycles. The number of imidazole rings is 1. The Balaban J connectivity index is 1.53. The summed E-state index contributed by atoms with van der Waals surface area (Å²) in [6.07, 6.45) is 6.68. The van der Waals surface area contributed by atoms with E-state index in [9.17, 15) is 14.3 Å². The van der Waals surface area contributed by atoms with E-state index >= 15 is 0 Å². The Hall–Kier alpha value is -3.62. The van der Waals surface area contributed by atoms with Crippen molar-refractivity contribution in [2.75, 3.05) is 38.1 Å². The quantitative estimate of drug-likeness (QED) is 0.462. The molecule has 180 valence electrons. The van der Waals surface area contributed by atoms with Crippen molar-refractivity contribution in [2.45, 2.75) is 0 Å². The van der Waals surface area contributed by atoms with E-state index in [-0.39, 0.29) is 11.4 Å². The van der Waals surface area contributed by atoms with E-state index < -0.39 is 5.82 Å². The first kappa shape index (κ1) is 23.1. The minimum atomic E-state index is -0.489. The molecule has 0 amide bonds. The number of benzene rings is 2. The highest BCUT2D eigenvalue weighted by molar-refractivity contribution is 6.32. The first-order valence-corrected chi connectivity index (χ1v) is 11.7. The van der Waals surface area contributed by atoms with E-state index in [1.165, 1.54) is 21.3 Å². The second kappa shape index (κ2) is 9.20. The molecule has 1 aliphatic heterocycles. The Morgan fingerprint density at radius 2 is 1.66 bits per heavy atom. The van der Waals surface area contributed by atoms with Crippen LogP contribution in [0.4, 0.5) is 10.1 Å². The minimum absolute atomic E-state index is 0.0653. The number of piperazine rings is 1. The molecular formula is C26H25ClFN5O2. The van der Waals surface area contributed by atoms with Gasteiger partial charge < -0.3 is 19.5 Å². The van der Waals surface area contributed by atoms with Gasteiger partial charge >= 0.3 is 5.69 Å². The minimum Gasteiger partial charge on any atom is -0.507 e. The van der Waals surface area contributed by atoms with Crippen molar-refractivity contribution in [1.29, 1.82) is 0 Å². The normalized spacial score (nSPS) is 14.5. The van der Waals surface area contributed by atoms with Crippen LogP contribution in [0.1, 0.15) is 0 Å². The van der Waals surface area contributed by atoms with E-state index in [0.29, 0.717) is 33.0 Å². The van der Waals surface area contributed by atoms with Crippen molar-refractivity contribution in [1.82, 2.24) is 19.0 Å². The summed E-state index contributed by atoms with van der Waals surface area (Å²) in [7, 11) is 3.75. The average Bonchev–Trinajstić information content (AvgIpc) is 3.18. The molecule has 4 aromatic rings. The zero-order valence-electron chi connectivity index (χ0n) is 19.4. The van der Waals surface area contributed by atoms with Crippen LogP contribution in [0.3, 0.4) is 0 Å². The van der Waals surface area contributed by atoms with E-state index in [0.717, 1.165) is 31.9 Å². The van der Waals surface area contributed by atoms with Crippen molar-refractivity contribution in [3.63, 3.8) is 0 Å². The molecule has 35 heavy (non-hydrogen) atoms. The molecule has 9 heteroatoms. The molecule has 2 aromatic carbocycles. The lowest BCUT2D eigenvalue weighted by molar-refractivity contribution is 0.313. The monoisotopic (exact) mass is 493 g/mol. The molecule has 5 rings (SSSR count). The Bertz CT molecular complexity index is 1460. The topological polar surface area (TPSA) is 66.5 Å². The molecule has 0 radical (unpaired) electrons.